The van der Waals surface area contributed by atoms with Crippen LogP contribution in [-0.2, 0) is 11.2 Å². The third-order valence-electron chi connectivity index (χ3n) is 2.85. The van der Waals surface area contributed by atoms with Gasteiger partial charge in [-0.25, -0.2) is 4.99 Å². The summed E-state index contributed by atoms with van der Waals surface area (Å²) in [5.74, 6) is -0.681. The number of nitrogens with two attached hydrogens (primary N) is 2. The molecule has 0 fully saturated rings. The molecule has 17 heavy (non-hydrogen) atoms. The number of guanidine groups is 1. The summed E-state index contributed by atoms with van der Waals surface area (Å²) in [6, 6.07) is 8.06. The van der Waals surface area contributed by atoms with Crippen molar-refractivity contribution in [2.24, 2.45) is 16.5 Å². The summed E-state index contributed by atoms with van der Waals surface area (Å²) >= 11 is 0. The fourth-order valence-electron chi connectivity index (χ4n) is 1.76. The Morgan fingerprint density at radius 2 is 2.00 bits per heavy atom. The Labute approximate surface area is 101 Å². The predicted molar refractivity (Wildman–Crippen MR) is 68.9 cm³/mol. The van der Waals surface area contributed by atoms with Gasteiger partial charge in [0.1, 0.15) is 0 Å². The third-order valence-corrected chi connectivity index (χ3v) is 2.85. The molecule has 6 N–H and O–H groups in total. The first-order valence-electron chi connectivity index (χ1n) is 5.60. The van der Waals surface area contributed by atoms with Crippen molar-refractivity contribution >= 4 is 5.96 Å². The van der Waals surface area contributed by atoms with Gasteiger partial charge in [-0.3, -0.25) is 11.2 Å². The molecule has 1 aromatic rings. The Bertz CT molecular complexity index is 460. The fourth-order valence-corrected chi connectivity index (χ4v) is 1.76. The molecule has 1 aromatic carbocycles. The lowest BCUT2D eigenvalue weighted by molar-refractivity contribution is 0.374. The quantitative estimate of drug-likeness (QED) is 0.568. The largest absolute Gasteiger partial charge is 0.369 e. The van der Waals surface area contributed by atoms with Gasteiger partial charge in [-0.1, -0.05) is 39.0 Å². The topological polar surface area (TPSA) is 88.5 Å². The summed E-state index contributed by atoms with van der Waals surface area (Å²) in [4.78, 5) is 4.16. The molecule has 0 aliphatic carbocycles. The predicted octanol–water partition coefficient (Wildman–Crippen LogP) is 0.476. The van der Waals surface area contributed by atoms with Crippen LogP contribution in [0.1, 0.15) is 31.9 Å². The molecule has 0 spiro atoms. The molecule has 2 rings (SSSR count). The molecule has 1 aliphatic heterocycles. The second kappa shape index (κ2) is 3.72. The van der Waals surface area contributed by atoms with E-state index in [0.29, 0.717) is 5.96 Å². The first-order chi connectivity index (χ1) is 7.81. The fraction of sp³-hybridized carbons (Fsp3) is 0.417. The maximum absolute atomic E-state index is 6.14. The number of aliphatic imine (C=N–C) groups is 1. The molecule has 0 bridgehead atoms. The van der Waals surface area contributed by atoms with Crippen LogP contribution in [0.4, 0.5) is 0 Å². The minimum absolute atomic E-state index is 0.0770. The summed E-state index contributed by atoms with van der Waals surface area (Å²) in [5.41, 5.74) is 19.5. The van der Waals surface area contributed by atoms with Gasteiger partial charge in [0.25, 0.3) is 0 Å². The van der Waals surface area contributed by atoms with Crippen LogP contribution in [0.3, 0.4) is 0 Å². The van der Waals surface area contributed by atoms with Crippen LogP contribution >= 0.6 is 0 Å². The van der Waals surface area contributed by atoms with Gasteiger partial charge in [-0.2, -0.15) is 5.43 Å². The van der Waals surface area contributed by atoms with Gasteiger partial charge in [0.15, 0.2) is 0 Å². The number of hydrogen-bond donors (Lipinski definition) is 4. The van der Waals surface area contributed by atoms with E-state index in [2.05, 4.69) is 48.7 Å². The van der Waals surface area contributed by atoms with Crippen LogP contribution in [0.15, 0.2) is 29.3 Å². The van der Waals surface area contributed by atoms with E-state index < -0.39 is 5.79 Å². The molecule has 1 heterocycles. The lowest BCUT2D eigenvalue weighted by Gasteiger charge is -2.24. The van der Waals surface area contributed by atoms with Crippen molar-refractivity contribution in [1.29, 1.82) is 0 Å². The first kappa shape index (κ1) is 11.9. The summed E-state index contributed by atoms with van der Waals surface area (Å²) in [6.07, 6.45) is 0. The zero-order chi connectivity index (χ0) is 12.7. The smallest absolute Gasteiger partial charge is 0.209 e. The summed E-state index contributed by atoms with van der Waals surface area (Å²) < 4.78 is 0. The van der Waals surface area contributed by atoms with Crippen molar-refractivity contribution < 1.29 is 0 Å². The molecule has 0 aromatic heterocycles. The van der Waals surface area contributed by atoms with E-state index in [1.165, 1.54) is 5.56 Å². The number of hydrazine groups is 1. The molecular formula is C12H19N5. The number of hydrogen-bond acceptors (Lipinski definition) is 5. The van der Waals surface area contributed by atoms with E-state index >= 15 is 0 Å². The van der Waals surface area contributed by atoms with Gasteiger partial charge < -0.3 is 5.73 Å². The lowest BCUT2D eigenvalue weighted by atomic mass is 9.85. The SMILES string of the molecule is CC(C)(C)c1cccc(C2(N)N=C(N)NN2)c1. The highest BCUT2D eigenvalue weighted by Gasteiger charge is 2.32. The standard InChI is InChI=1S/C12H19N5/c1-11(2,3)8-5-4-6-9(7-8)12(14)15-10(13)16-17-12/h4-7,17H,14H2,1-3H3,(H3,13,15,16). The minimum Gasteiger partial charge on any atom is -0.369 e. The maximum Gasteiger partial charge on any atom is 0.209 e. The maximum atomic E-state index is 6.14. The average molecular weight is 233 g/mol. The Kier molecular flexibility index (Phi) is 2.60. The summed E-state index contributed by atoms with van der Waals surface area (Å²) in [6.45, 7) is 6.48. The van der Waals surface area contributed by atoms with Crippen LogP contribution in [-0.4, -0.2) is 5.96 Å². The summed E-state index contributed by atoms with van der Waals surface area (Å²) in [7, 11) is 0. The number of benzene rings is 1. The Hall–Kier alpha value is -1.59. The number of nitrogens with one attached hydrogen (secondary N) is 2. The number of rotatable bonds is 1. The van der Waals surface area contributed by atoms with E-state index in [4.69, 9.17) is 11.5 Å². The van der Waals surface area contributed by atoms with Crippen molar-refractivity contribution in [3.05, 3.63) is 35.4 Å². The van der Waals surface area contributed by atoms with Crippen molar-refractivity contribution in [2.45, 2.75) is 32.0 Å². The molecular weight excluding hydrogens is 214 g/mol. The Morgan fingerprint density at radius 1 is 1.29 bits per heavy atom. The molecule has 5 heteroatoms. The van der Waals surface area contributed by atoms with Crippen molar-refractivity contribution in [1.82, 2.24) is 10.9 Å². The van der Waals surface area contributed by atoms with Gasteiger partial charge in [0.05, 0.1) is 0 Å². The van der Waals surface area contributed by atoms with Gasteiger partial charge in [-0.15, -0.1) is 0 Å². The van der Waals surface area contributed by atoms with Crippen LogP contribution in [0.25, 0.3) is 0 Å². The van der Waals surface area contributed by atoms with Gasteiger partial charge in [0, 0.05) is 5.56 Å². The normalized spacial score (nSPS) is 24.4. The van der Waals surface area contributed by atoms with Crippen LogP contribution in [0.2, 0.25) is 0 Å². The van der Waals surface area contributed by atoms with Crippen molar-refractivity contribution in [3.8, 4) is 0 Å². The zero-order valence-electron chi connectivity index (χ0n) is 10.4. The molecule has 0 amide bonds. The third kappa shape index (κ3) is 2.25. The van der Waals surface area contributed by atoms with E-state index in [0.717, 1.165) is 5.56 Å². The molecule has 1 atom stereocenters. The number of nitrogens with zero attached hydrogens (tertiary/aromatic N) is 1. The lowest BCUT2D eigenvalue weighted by Crippen LogP contribution is -2.50. The molecule has 5 nitrogen and oxygen atoms in total. The monoisotopic (exact) mass is 233 g/mol. The molecule has 1 aliphatic rings. The Morgan fingerprint density at radius 3 is 2.53 bits per heavy atom. The second-order valence-corrected chi connectivity index (χ2v) is 5.34. The van der Waals surface area contributed by atoms with Crippen LogP contribution < -0.4 is 22.3 Å². The van der Waals surface area contributed by atoms with E-state index in [9.17, 15) is 0 Å². The minimum atomic E-state index is -0.981. The van der Waals surface area contributed by atoms with Gasteiger partial charge in [-0.05, 0) is 17.0 Å². The van der Waals surface area contributed by atoms with Crippen LogP contribution in [0.5, 0.6) is 0 Å². The molecule has 0 saturated heterocycles. The van der Waals surface area contributed by atoms with E-state index in [1.807, 2.05) is 12.1 Å². The highest BCUT2D eigenvalue weighted by atomic mass is 15.6. The van der Waals surface area contributed by atoms with E-state index in [1.54, 1.807) is 0 Å². The van der Waals surface area contributed by atoms with Crippen molar-refractivity contribution in [3.63, 3.8) is 0 Å². The average Bonchev–Trinajstić information content (AvgIpc) is 2.59. The molecule has 92 valence electrons. The van der Waals surface area contributed by atoms with Gasteiger partial charge in [0.2, 0.25) is 11.7 Å². The highest BCUT2D eigenvalue weighted by molar-refractivity contribution is 5.79. The second-order valence-electron chi connectivity index (χ2n) is 5.34. The Balaban J connectivity index is 2.41. The van der Waals surface area contributed by atoms with E-state index in [-0.39, 0.29) is 5.41 Å². The zero-order valence-corrected chi connectivity index (χ0v) is 10.4. The van der Waals surface area contributed by atoms with Gasteiger partial charge >= 0.3 is 0 Å². The molecule has 0 radical (unpaired) electrons. The highest BCUT2D eigenvalue weighted by Crippen LogP contribution is 2.26. The molecule has 0 saturated carbocycles. The van der Waals surface area contributed by atoms with Crippen LogP contribution in [0, 0.1) is 0 Å². The summed E-state index contributed by atoms with van der Waals surface area (Å²) in [5, 5.41) is 0. The molecule has 1 unspecified atom stereocenters. The van der Waals surface area contributed by atoms with Crippen molar-refractivity contribution in [2.75, 3.05) is 0 Å². The first-order valence-corrected chi connectivity index (χ1v) is 5.60.